The van der Waals surface area contributed by atoms with Crippen molar-refractivity contribution in [1.29, 1.82) is 0 Å². The Morgan fingerprint density at radius 2 is 1.93 bits per heavy atom. The summed E-state index contributed by atoms with van der Waals surface area (Å²) in [7, 11) is 0. The van der Waals surface area contributed by atoms with Crippen molar-refractivity contribution in [2.75, 3.05) is 10.3 Å². The van der Waals surface area contributed by atoms with Gasteiger partial charge in [0.05, 0.1) is 10.4 Å². The number of thiazole rings is 1. The number of nitrogens with zero attached hydrogens (tertiary/aromatic N) is 3. The number of amides is 2. The zero-order valence-electron chi connectivity index (χ0n) is 13.8. The maximum Gasteiger partial charge on any atom is 0.273 e. The van der Waals surface area contributed by atoms with Gasteiger partial charge in [-0.05, 0) is 18.2 Å². The van der Waals surface area contributed by atoms with E-state index in [4.69, 9.17) is 0 Å². The van der Waals surface area contributed by atoms with Crippen LogP contribution in [0.3, 0.4) is 0 Å². The number of carbonyl (C=O) groups excluding carboxylic acids is 2. The Morgan fingerprint density at radius 3 is 2.70 bits per heavy atom. The summed E-state index contributed by atoms with van der Waals surface area (Å²) in [6.07, 6.45) is 0.322. The monoisotopic (exact) mass is 386 g/mol. The van der Waals surface area contributed by atoms with Gasteiger partial charge in [-0.3, -0.25) is 14.9 Å². The summed E-state index contributed by atoms with van der Waals surface area (Å²) >= 11 is 0.957. The predicted octanol–water partition coefficient (Wildman–Crippen LogP) is 3.70. The van der Waals surface area contributed by atoms with Gasteiger partial charge in [-0.1, -0.05) is 29.5 Å². The van der Waals surface area contributed by atoms with Gasteiger partial charge in [-0.2, -0.15) is 5.10 Å². The fourth-order valence-electron chi connectivity index (χ4n) is 2.67. The van der Waals surface area contributed by atoms with E-state index >= 15 is 0 Å². The van der Waals surface area contributed by atoms with Gasteiger partial charge in [0.2, 0.25) is 5.91 Å². The zero-order chi connectivity index (χ0) is 19.0. The van der Waals surface area contributed by atoms with E-state index in [1.54, 1.807) is 24.3 Å². The molecule has 2 amide bonds. The molecule has 0 spiro atoms. The molecule has 1 aromatic heterocycles. The smallest absolute Gasteiger partial charge is 0.273 e. The molecule has 1 aliphatic rings. The number of hydrogen-bond acceptors (Lipinski definition) is 5. The highest BCUT2D eigenvalue weighted by molar-refractivity contribution is 7.22. The number of fused-ring (bicyclic) bond motifs is 1. The van der Waals surface area contributed by atoms with E-state index in [9.17, 15) is 18.4 Å². The number of anilines is 2. The lowest BCUT2D eigenvalue weighted by Gasteiger charge is -2.22. The Bertz CT molecular complexity index is 1080. The molecule has 136 valence electrons. The summed E-state index contributed by atoms with van der Waals surface area (Å²) in [4.78, 5) is 28.6. The van der Waals surface area contributed by atoms with E-state index in [0.717, 1.165) is 23.5 Å². The van der Waals surface area contributed by atoms with Crippen molar-refractivity contribution >= 4 is 49.9 Å². The number of nitrogens with one attached hydrogen (secondary N) is 1. The van der Waals surface area contributed by atoms with E-state index in [2.05, 4.69) is 15.4 Å². The van der Waals surface area contributed by atoms with Gasteiger partial charge >= 0.3 is 0 Å². The molecule has 0 saturated heterocycles. The highest BCUT2D eigenvalue weighted by atomic mass is 32.1. The number of para-hydroxylation sites is 1. The second-order valence-electron chi connectivity index (χ2n) is 5.80. The van der Waals surface area contributed by atoms with Gasteiger partial charge in [0.25, 0.3) is 5.91 Å². The van der Waals surface area contributed by atoms with Crippen LogP contribution in [-0.4, -0.2) is 22.5 Å². The fourth-order valence-corrected chi connectivity index (χ4v) is 3.57. The minimum atomic E-state index is -0.794. The van der Waals surface area contributed by atoms with E-state index in [1.165, 1.54) is 5.01 Å². The van der Waals surface area contributed by atoms with Gasteiger partial charge in [0.15, 0.2) is 10.9 Å². The molecular formula is C18H12F2N4O2S. The van der Waals surface area contributed by atoms with Crippen LogP contribution < -0.4 is 10.3 Å². The molecule has 2 heterocycles. The number of aromatic nitrogens is 1. The van der Waals surface area contributed by atoms with E-state index < -0.39 is 17.5 Å². The topological polar surface area (TPSA) is 74.7 Å². The van der Waals surface area contributed by atoms with Crippen LogP contribution in [0.4, 0.5) is 19.6 Å². The van der Waals surface area contributed by atoms with Crippen molar-refractivity contribution in [2.45, 2.75) is 12.8 Å². The third-order valence-electron chi connectivity index (χ3n) is 3.93. The van der Waals surface area contributed by atoms with Crippen molar-refractivity contribution < 1.29 is 18.4 Å². The predicted molar refractivity (Wildman–Crippen MR) is 98.8 cm³/mol. The molecule has 0 saturated carbocycles. The van der Waals surface area contributed by atoms with Gasteiger partial charge in [0, 0.05) is 18.9 Å². The Morgan fingerprint density at radius 1 is 1.15 bits per heavy atom. The molecule has 27 heavy (non-hydrogen) atoms. The summed E-state index contributed by atoms with van der Waals surface area (Å²) in [6.45, 7) is 0. The maximum atomic E-state index is 13.8. The fraction of sp³-hybridized carbons (Fsp3) is 0.111. The highest BCUT2D eigenvalue weighted by Crippen LogP contribution is 2.29. The Labute approximate surface area is 156 Å². The van der Waals surface area contributed by atoms with Crippen LogP contribution in [0.2, 0.25) is 0 Å². The summed E-state index contributed by atoms with van der Waals surface area (Å²) in [5.74, 6) is -2.26. The number of halogens is 2. The second-order valence-corrected chi connectivity index (χ2v) is 6.83. The summed E-state index contributed by atoms with van der Waals surface area (Å²) in [5.41, 5.74) is 0.706. The quantitative estimate of drug-likeness (QED) is 0.746. The number of rotatable bonds is 3. The maximum absolute atomic E-state index is 13.8. The SMILES string of the molecule is O=C(Nc1nc2c(F)cc(F)cc2s1)C1=NN(c2ccccc2)C(=O)CC1. The molecule has 6 nitrogen and oxygen atoms in total. The third kappa shape index (κ3) is 3.41. The normalized spacial score (nSPS) is 14.4. The van der Waals surface area contributed by atoms with Gasteiger partial charge < -0.3 is 0 Å². The number of carbonyl (C=O) groups is 2. The Balaban J connectivity index is 1.59. The van der Waals surface area contributed by atoms with E-state index in [1.807, 2.05) is 6.07 Å². The van der Waals surface area contributed by atoms with Crippen molar-refractivity contribution in [3.63, 3.8) is 0 Å². The first-order valence-corrected chi connectivity index (χ1v) is 8.85. The largest absolute Gasteiger partial charge is 0.297 e. The molecule has 0 aliphatic carbocycles. The number of hydrogen-bond donors (Lipinski definition) is 1. The molecule has 0 bridgehead atoms. The van der Waals surface area contributed by atoms with Gasteiger partial charge in [-0.15, -0.1) is 0 Å². The third-order valence-corrected chi connectivity index (χ3v) is 4.85. The summed E-state index contributed by atoms with van der Waals surface area (Å²) < 4.78 is 27.3. The molecule has 1 aliphatic heterocycles. The first-order chi connectivity index (χ1) is 13.0. The number of hydrazone groups is 1. The van der Waals surface area contributed by atoms with Crippen LogP contribution in [0, 0.1) is 11.6 Å². The van der Waals surface area contributed by atoms with Crippen LogP contribution in [-0.2, 0) is 9.59 Å². The first kappa shape index (κ1) is 17.2. The van der Waals surface area contributed by atoms with Gasteiger partial charge in [0.1, 0.15) is 17.0 Å². The minimum absolute atomic E-state index is 0.0108. The molecule has 0 atom stereocenters. The molecule has 1 N–H and O–H groups in total. The van der Waals surface area contributed by atoms with E-state index in [0.29, 0.717) is 5.69 Å². The lowest BCUT2D eigenvalue weighted by Crippen LogP contribution is -2.36. The molecule has 0 fully saturated rings. The molecule has 2 aromatic carbocycles. The Kier molecular flexibility index (Phi) is 4.36. The average molecular weight is 386 g/mol. The van der Waals surface area contributed by atoms with Crippen molar-refractivity contribution in [3.8, 4) is 0 Å². The molecule has 3 aromatic rings. The molecule has 0 unspecified atom stereocenters. The molecular weight excluding hydrogens is 374 g/mol. The van der Waals surface area contributed by atoms with Crippen molar-refractivity contribution in [3.05, 3.63) is 54.1 Å². The lowest BCUT2D eigenvalue weighted by molar-refractivity contribution is -0.118. The highest BCUT2D eigenvalue weighted by Gasteiger charge is 2.26. The minimum Gasteiger partial charge on any atom is -0.297 e. The van der Waals surface area contributed by atoms with Crippen LogP contribution in [0.15, 0.2) is 47.6 Å². The standard InChI is InChI=1S/C18H12F2N4O2S/c19-10-8-12(20)16-14(9-10)27-18(21-16)22-17(26)13-6-7-15(25)24(23-13)11-4-2-1-3-5-11/h1-5,8-9H,6-7H2,(H,21,22,26). The second kappa shape index (κ2) is 6.84. The van der Waals surface area contributed by atoms with Gasteiger partial charge in [-0.25, -0.2) is 18.8 Å². The van der Waals surface area contributed by atoms with Crippen LogP contribution in [0.5, 0.6) is 0 Å². The Hall–Kier alpha value is -3.20. The van der Waals surface area contributed by atoms with Crippen LogP contribution in [0.25, 0.3) is 10.2 Å². The van der Waals surface area contributed by atoms with Crippen molar-refractivity contribution in [1.82, 2.24) is 4.98 Å². The lowest BCUT2D eigenvalue weighted by atomic mass is 10.1. The van der Waals surface area contributed by atoms with E-state index in [-0.39, 0.29) is 39.8 Å². The van der Waals surface area contributed by atoms with Crippen molar-refractivity contribution in [2.24, 2.45) is 5.10 Å². The van der Waals surface area contributed by atoms with Crippen LogP contribution in [0.1, 0.15) is 12.8 Å². The molecule has 0 radical (unpaired) electrons. The first-order valence-electron chi connectivity index (χ1n) is 8.03. The molecule has 9 heteroatoms. The number of benzene rings is 2. The summed E-state index contributed by atoms with van der Waals surface area (Å²) in [6, 6.07) is 10.7. The zero-order valence-corrected chi connectivity index (χ0v) is 14.6. The van der Waals surface area contributed by atoms with Crippen LogP contribution >= 0.6 is 11.3 Å². The molecule has 4 rings (SSSR count). The average Bonchev–Trinajstić information content (AvgIpc) is 3.05. The summed E-state index contributed by atoms with van der Waals surface area (Å²) in [5, 5.41) is 8.01.